The molecule has 2 atom stereocenters. The summed E-state index contributed by atoms with van der Waals surface area (Å²) in [6.45, 7) is 3.50. The number of anilines is 1. The van der Waals surface area contributed by atoms with Crippen molar-refractivity contribution in [3.8, 4) is 0 Å². The number of hydrogen-bond donors (Lipinski definition) is 0. The average Bonchev–Trinajstić information content (AvgIpc) is 3.53. The molecule has 2 aliphatic rings. The molecule has 10 heteroatoms. The van der Waals surface area contributed by atoms with Crippen LogP contribution < -0.4 is 4.90 Å². The van der Waals surface area contributed by atoms with Crippen molar-refractivity contribution in [2.75, 3.05) is 31.1 Å². The van der Waals surface area contributed by atoms with E-state index in [-0.39, 0.29) is 23.5 Å². The van der Waals surface area contributed by atoms with E-state index in [0.717, 1.165) is 40.8 Å². The highest BCUT2D eigenvalue weighted by Gasteiger charge is 2.37. The molecule has 2 aliphatic heterocycles. The Labute approximate surface area is 208 Å². The van der Waals surface area contributed by atoms with Crippen LogP contribution in [-0.2, 0) is 19.6 Å². The summed E-state index contributed by atoms with van der Waals surface area (Å²) in [6, 6.07) is 10.8. The first-order chi connectivity index (χ1) is 16.8. The molecule has 1 aromatic heterocycles. The number of rotatable bonds is 6. The fourth-order valence-corrected chi connectivity index (χ4v) is 7.36. The van der Waals surface area contributed by atoms with Gasteiger partial charge in [0.25, 0.3) is 0 Å². The third-order valence-corrected chi connectivity index (χ3v) is 9.62. The van der Waals surface area contributed by atoms with Gasteiger partial charge >= 0.3 is 0 Å². The Hall–Kier alpha value is -2.40. The minimum absolute atomic E-state index is 0.0323. The van der Waals surface area contributed by atoms with Crippen LogP contribution in [-0.4, -0.2) is 56.0 Å². The summed E-state index contributed by atoms with van der Waals surface area (Å²) >= 11 is 1.47. The summed E-state index contributed by atoms with van der Waals surface area (Å²) in [5.74, 6) is -1.11. The molecule has 2 unspecified atom stereocenters. The standard InChI is InChI=1S/C25H28FN3O4S2/c1-17-5-2-8-22-23(17)27-25(34-22)29(16-20-7-4-14-33-20)24(30)18-6-3-13-28(15-18)35(31,32)21-11-9-19(26)10-12-21/h2,5,8-12,18,20H,3-4,6-7,13-16H2,1H3. The molecule has 0 aliphatic carbocycles. The Morgan fingerprint density at radius 1 is 1.20 bits per heavy atom. The van der Waals surface area contributed by atoms with E-state index in [9.17, 15) is 17.6 Å². The van der Waals surface area contributed by atoms with E-state index < -0.39 is 21.8 Å². The molecule has 5 rings (SSSR count). The zero-order valence-corrected chi connectivity index (χ0v) is 21.2. The second kappa shape index (κ2) is 9.93. The van der Waals surface area contributed by atoms with Crippen molar-refractivity contribution in [1.29, 1.82) is 0 Å². The molecule has 2 aromatic carbocycles. The molecule has 0 N–H and O–H groups in total. The second-order valence-electron chi connectivity index (χ2n) is 9.16. The van der Waals surface area contributed by atoms with E-state index in [4.69, 9.17) is 9.72 Å². The maximum absolute atomic E-state index is 13.9. The number of carbonyl (C=O) groups excluding carboxylic acids is 1. The van der Waals surface area contributed by atoms with Gasteiger partial charge in [0.15, 0.2) is 5.13 Å². The van der Waals surface area contributed by atoms with E-state index in [1.807, 2.05) is 25.1 Å². The highest BCUT2D eigenvalue weighted by Crippen LogP contribution is 2.34. The Bertz CT molecular complexity index is 1320. The van der Waals surface area contributed by atoms with Crippen LogP contribution in [0, 0.1) is 18.7 Å². The summed E-state index contributed by atoms with van der Waals surface area (Å²) in [7, 11) is -3.83. The Balaban J connectivity index is 1.42. The molecule has 3 heterocycles. The third kappa shape index (κ3) is 4.97. The van der Waals surface area contributed by atoms with Gasteiger partial charge < -0.3 is 4.74 Å². The first-order valence-corrected chi connectivity index (χ1v) is 14.1. The minimum atomic E-state index is -3.83. The number of thiazole rings is 1. The summed E-state index contributed by atoms with van der Waals surface area (Å²) < 4.78 is 47.9. The number of ether oxygens (including phenoxy) is 1. The lowest BCUT2D eigenvalue weighted by Crippen LogP contribution is -2.48. The van der Waals surface area contributed by atoms with E-state index in [0.29, 0.717) is 37.7 Å². The fraction of sp³-hybridized carbons (Fsp3) is 0.440. The van der Waals surface area contributed by atoms with Crippen LogP contribution in [0.5, 0.6) is 0 Å². The summed E-state index contributed by atoms with van der Waals surface area (Å²) in [4.78, 5) is 20.4. The lowest BCUT2D eigenvalue weighted by atomic mass is 9.98. The first kappa shape index (κ1) is 24.3. The Morgan fingerprint density at radius 2 is 2.00 bits per heavy atom. The SMILES string of the molecule is Cc1cccc2sc(N(CC3CCCO3)C(=O)C3CCCN(S(=O)(=O)c4ccc(F)cc4)C3)nc12. The van der Waals surface area contributed by atoms with Gasteiger partial charge in [-0.2, -0.15) is 4.31 Å². The van der Waals surface area contributed by atoms with E-state index in [1.165, 1.54) is 27.8 Å². The van der Waals surface area contributed by atoms with Crippen LogP contribution in [0.25, 0.3) is 10.2 Å². The van der Waals surface area contributed by atoms with Crippen molar-refractivity contribution in [2.45, 2.75) is 43.6 Å². The van der Waals surface area contributed by atoms with Crippen LogP contribution >= 0.6 is 11.3 Å². The number of amides is 1. The molecule has 0 radical (unpaired) electrons. The number of fused-ring (bicyclic) bond motifs is 1. The summed E-state index contributed by atoms with van der Waals surface area (Å²) in [5, 5.41) is 0.619. The first-order valence-electron chi connectivity index (χ1n) is 11.9. The number of carbonyl (C=O) groups is 1. The smallest absolute Gasteiger partial charge is 0.243 e. The van der Waals surface area contributed by atoms with Gasteiger partial charge in [-0.25, -0.2) is 17.8 Å². The lowest BCUT2D eigenvalue weighted by molar-refractivity contribution is -0.123. The van der Waals surface area contributed by atoms with Gasteiger partial charge in [0.2, 0.25) is 15.9 Å². The number of aryl methyl sites for hydroxylation is 1. The number of benzene rings is 2. The highest BCUT2D eigenvalue weighted by atomic mass is 32.2. The van der Waals surface area contributed by atoms with Crippen molar-refractivity contribution in [3.63, 3.8) is 0 Å². The number of halogens is 1. The molecule has 0 saturated carbocycles. The topological polar surface area (TPSA) is 79.8 Å². The maximum Gasteiger partial charge on any atom is 0.243 e. The molecular weight excluding hydrogens is 489 g/mol. The van der Waals surface area contributed by atoms with Crippen molar-refractivity contribution in [1.82, 2.24) is 9.29 Å². The molecular formula is C25H28FN3O4S2. The van der Waals surface area contributed by atoms with Crippen LogP contribution in [0.2, 0.25) is 0 Å². The average molecular weight is 518 g/mol. The Kier molecular flexibility index (Phi) is 6.89. The van der Waals surface area contributed by atoms with Crippen molar-refractivity contribution in [2.24, 2.45) is 5.92 Å². The number of sulfonamides is 1. The monoisotopic (exact) mass is 517 g/mol. The number of hydrogen-bond acceptors (Lipinski definition) is 6. The molecule has 35 heavy (non-hydrogen) atoms. The number of para-hydroxylation sites is 1. The van der Waals surface area contributed by atoms with Crippen molar-refractivity contribution < 1.29 is 22.3 Å². The molecule has 0 bridgehead atoms. The minimum Gasteiger partial charge on any atom is -0.376 e. The number of aromatic nitrogens is 1. The van der Waals surface area contributed by atoms with Crippen LogP contribution in [0.3, 0.4) is 0 Å². The Morgan fingerprint density at radius 3 is 2.71 bits per heavy atom. The van der Waals surface area contributed by atoms with Gasteiger partial charge in [-0.1, -0.05) is 23.5 Å². The van der Waals surface area contributed by atoms with Gasteiger partial charge in [0.1, 0.15) is 5.82 Å². The molecule has 2 saturated heterocycles. The molecule has 2 fully saturated rings. The largest absolute Gasteiger partial charge is 0.376 e. The number of piperidine rings is 1. The molecule has 186 valence electrons. The van der Waals surface area contributed by atoms with Gasteiger partial charge in [0.05, 0.1) is 33.7 Å². The molecule has 7 nitrogen and oxygen atoms in total. The van der Waals surface area contributed by atoms with Crippen LogP contribution in [0.15, 0.2) is 47.4 Å². The quantitative estimate of drug-likeness (QED) is 0.486. The maximum atomic E-state index is 13.9. The predicted molar refractivity (Wildman–Crippen MR) is 134 cm³/mol. The molecule has 0 spiro atoms. The summed E-state index contributed by atoms with van der Waals surface area (Å²) in [6.07, 6.45) is 2.95. The van der Waals surface area contributed by atoms with Crippen molar-refractivity contribution >= 4 is 42.6 Å². The summed E-state index contributed by atoms with van der Waals surface area (Å²) in [5.41, 5.74) is 1.92. The second-order valence-corrected chi connectivity index (χ2v) is 12.1. The van der Waals surface area contributed by atoms with Gasteiger partial charge in [0, 0.05) is 19.7 Å². The highest BCUT2D eigenvalue weighted by molar-refractivity contribution is 7.89. The van der Waals surface area contributed by atoms with Gasteiger partial charge in [-0.15, -0.1) is 0 Å². The zero-order chi connectivity index (χ0) is 24.6. The fourth-order valence-electron chi connectivity index (χ4n) is 4.78. The normalized spacial score (nSPS) is 21.4. The third-order valence-electron chi connectivity index (χ3n) is 6.70. The number of nitrogens with zero attached hydrogens (tertiary/aromatic N) is 3. The molecule has 3 aromatic rings. The van der Waals surface area contributed by atoms with E-state index in [2.05, 4.69) is 0 Å². The zero-order valence-electron chi connectivity index (χ0n) is 19.5. The predicted octanol–water partition coefficient (Wildman–Crippen LogP) is 4.36. The van der Waals surface area contributed by atoms with Crippen molar-refractivity contribution in [3.05, 3.63) is 53.8 Å². The van der Waals surface area contributed by atoms with E-state index in [1.54, 1.807) is 4.90 Å². The van der Waals surface area contributed by atoms with Gasteiger partial charge in [-0.05, 0) is 68.5 Å². The van der Waals surface area contributed by atoms with E-state index >= 15 is 0 Å². The lowest BCUT2D eigenvalue weighted by Gasteiger charge is -2.34. The molecule has 1 amide bonds. The van der Waals surface area contributed by atoms with Crippen LogP contribution in [0.1, 0.15) is 31.2 Å². The van der Waals surface area contributed by atoms with Gasteiger partial charge in [-0.3, -0.25) is 9.69 Å². The van der Waals surface area contributed by atoms with Crippen LogP contribution in [0.4, 0.5) is 9.52 Å².